The average Bonchev–Trinajstić information content (AvgIpc) is 3.19. The smallest absolute Gasteiger partial charge is 0.252 e. The van der Waals surface area contributed by atoms with Crippen molar-refractivity contribution in [3.8, 4) is 28.1 Å². The van der Waals surface area contributed by atoms with Gasteiger partial charge in [-0.2, -0.15) is 4.39 Å². The first-order valence-electron chi connectivity index (χ1n) is 11.6. The van der Waals surface area contributed by atoms with E-state index in [1.165, 1.54) is 12.1 Å². The van der Waals surface area contributed by atoms with Crippen molar-refractivity contribution >= 4 is 40.6 Å². The van der Waals surface area contributed by atoms with Crippen LogP contribution in [0.1, 0.15) is 29.9 Å². The van der Waals surface area contributed by atoms with Crippen molar-refractivity contribution in [1.29, 1.82) is 0 Å². The van der Waals surface area contributed by atoms with Crippen molar-refractivity contribution in [2.24, 2.45) is 5.92 Å². The predicted molar refractivity (Wildman–Crippen MR) is 141 cm³/mol. The first kappa shape index (κ1) is 23.4. The maximum atomic E-state index is 14.5. The lowest BCUT2D eigenvalue weighted by Gasteiger charge is -2.18. The van der Waals surface area contributed by atoms with E-state index in [0.29, 0.717) is 22.1 Å². The van der Waals surface area contributed by atoms with Crippen molar-refractivity contribution in [3.05, 3.63) is 91.8 Å². The molecule has 1 aromatic carbocycles. The Labute approximate surface area is 229 Å². The second-order valence-corrected chi connectivity index (χ2v) is 10.5. The number of nitrogen functional groups attached to an aromatic ring is 1. The van der Waals surface area contributed by atoms with Crippen LogP contribution in [0.3, 0.4) is 0 Å². The molecule has 5 heterocycles. The lowest BCUT2D eigenvalue weighted by atomic mass is 10.0. The molecule has 190 valence electrons. The fraction of sp³-hybridized carbons (Fsp3) is 0.160. The van der Waals surface area contributed by atoms with Gasteiger partial charge in [-0.15, -0.1) is 5.10 Å². The van der Waals surface area contributed by atoms with Gasteiger partial charge in [-0.25, -0.2) is 14.6 Å². The van der Waals surface area contributed by atoms with Gasteiger partial charge in [-0.1, -0.05) is 40.0 Å². The number of benzene rings is 1. The minimum Gasteiger partial charge on any atom is -0.384 e. The van der Waals surface area contributed by atoms with E-state index < -0.39 is 5.95 Å². The number of rotatable bonds is 4. The summed E-state index contributed by atoms with van der Waals surface area (Å²) >= 11 is 18.7. The molecule has 0 spiro atoms. The van der Waals surface area contributed by atoms with Crippen LogP contribution in [-0.2, 0) is 0 Å². The Bertz CT molecular complexity index is 1830. The predicted octanol–water partition coefficient (Wildman–Crippen LogP) is 5.27. The van der Waals surface area contributed by atoms with Crippen LogP contribution in [0, 0.1) is 11.9 Å². The standard InChI is InChI=1S/C25H16Cl3FN8O/c26-11-1-3-16(36-9-18(27)34-35-36)13(7-11)10-5-17-14-8-15(14)22(37(17)20(38)6-10)25-32-21(23(28)33-25)12-2-4-19(30)31-24(12)29/h1-7,9,14-15,22H,8H2,(H2,30,31)(H,32,33). The van der Waals surface area contributed by atoms with Gasteiger partial charge in [-0.05, 0) is 54.3 Å². The van der Waals surface area contributed by atoms with E-state index in [-0.39, 0.29) is 50.8 Å². The van der Waals surface area contributed by atoms with Crippen LogP contribution in [0.4, 0.5) is 10.2 Å². The quantitative estimate of drug-likeness (QED) is 0.285. The summed E-state index contributed by atoms with van der Waals surface area (Å²) in [6, 6.07) is 11.5. The topological polar surface area (TPSA) is 120 Å². The molecule has 2 aliphatic rings. The van der Waals surface area contributed by atoms with Crippen molar-refractivity contribution in [3.63, 3.8) is 0 Å². The first-order chi connectivity index (χ1) is 18.3. The van der Waals surface area contributed by atoms with Gasteiger partial charge >= 0.3 is 0 Å². The van der Waals surface area contributed by atoms with Gasteiger partial charge in [0.05, 0.1) is 29.2 Å². The minimum atomic E-state index is -0.758. The Hall–Kier alpha value is -3.73. The number of hydrogen-bond acceptors (Lipinski definition) is 6. The molecule has 38 heavy (non-hydrogen) atoms. The van der Waals surface area contributed by atoms with E-state index >= 15 is 0 Å². The van der Waals surface area contributed by atoms with Crippen LogP contribution in [-0.4, -0.2) is 34.5 Å². The van der Waals surface area contributed by atoms with Gasteiger partial charge in [0.25, 0.3) is 5.56 Å². The molecular weight excluding hydrogens is 554 g/mol. The third-order valence-corrected chi connectivity index (χ3v) is 7.76. The zero-order chi connectivity index (χ0) is 26.3. The zero-order valence-corrected chi connectivity index (χ0v) is 21.5. The van der Waals surface area contributed by atoms with E-state index in [1.807, 2.05) is 6.07 Å². The zero-order valence-electron chi connectivity index (χ0n) is 19.2. The fourth-order valence-corrected chi connectivity index (χ4v) is 5.92. The highest BCUT2D eigenvalue weighted by molar-refractivity contribution is 6.32. The summed E-state index contributed by atoms with van der Waals surface area (Å²) in [5, 5.41) is 8.77. The number of H-pyrrole nitrogens is 1. The highest BCUT2D eigenvalue weighted by Gasteiger charge is 2.54. The number of nitrogens with one attached hydrogen (secondary N) is 1. The molecule has 0 bridgehead atoms. The molecule has 0 amide bonds. The average molecular weight is 570 g/mol. The van der Waals surface area contributed by atoms with Gasteiger partial charge in [0, 0.05) is 28.3 Å². The Morgan fingerprint density at radius 1 is 1.05 bits per heavy atom. The van der Waals surface area contributed by atoms with Crippen LogP contribution in [0.15, 0.2) is 53.5 Å². The third-order valence-electron chi connectivity index (χ3n) is 7.08. The van der Waals surface area contributed by atoms with Crippen LogP contribution < -0.4 is 11.3 Å². The SMILES string of the molecule is Nc1ccc(-c2[nH]c(C3C4CC4c4cc(-c5cc(Cl)ccc5-n5cc(Cl)nn5)cc(=O)n43)nc2Cl)c(F)n1. The highest BCUT2D eigenvalue weighted by atomic mass is 35.5. The number of nitrogens with zero attached hydrogens (tertiary/aromatic N) is 6. The summed E-state index contributed by atoms with van der Waals surface area (Å²) in [5.41, 5.74) is 8.80. The molecule has 4 aromatic heterocycles. The third kappa shape index (κ3) is 3.63. The van der Waals surface area contributed by atoms with E-state index in [0.717, 1.165) is 17.7 Å². The lowest BCUT2D eigenvalue weighted by molar-refractivity contribution is 0.514. The summed E-state index contributed by atoms with van der Waals surface area (Å²) in [4.78, 5) is 24.8. The molecule has 3 atom stereocenters. The molecular formula is C25H16Cl3FN8O. The Kier molecular flexibility index (Phi) is 5.16. The maximum Gasteiger partial charge on any atom is 0.252 e. The van der Waals surface area contributed by atoms with Crippen LogP contribution in [0.25, 0.3) is 28.1 Å². The second-order valence-electron chi connectivity index (χ2n) is 9.34. The number of halogens is 4. The Morgan fingerprint density at radius 3 is 2.66 bits per heavy atom. The number of nitrogens with two attached hydrogens (primary N) is 1. The van der Waals surface area contributed by atoms with Crippen molar-refractivity contribution in [2.45, 2.75) is 18.4 Å². The molecule has 9 nitrogen and oxygen atoms in total. The van der Waals surface area contributed by atoms with E-state index in [4.69, 9.17) is 40.5 Å². The molecule has 7 rings (SSSR count). The fourth-order valence-electron chi connectivity index (χ4n) is 5.38. The molecule has 0 radical (unpaired) electrons. The summed E-state index contributed by atoms with van der Waals surface area (Å²) in [5.74, 6) is 0.132. The lowest BCUT2D eigenvalue weighted by Crippen LogP contribution is -2.26. The van der Waals surface area contributed by atoms with Gasteiger partial charge < -0.3 is 15.3 Å². The van der Waals surface area contributed by atoms with E-state index in [1.54, 1.807) is 39.7 Å². The van der Waals surface area contributed by atoms with Gasteiger partial charge in [0.15, 0.2) is 10.3 Å². The van der Waals surface area contributed by atoms with Gasteiger partial charge in [0.1, 0.15) is 11.6 Å². The van der Waals surface area contributed by atoms with Crippen molar-refractivity contribution < 1.29 is 4.39 Å². The molecule has 3 N–H and O–H groups in total. The Morgan fingerprint density at radius 2 is 1.89 bits per heavy atom. The summed E-state index contributed by atoms with van der Waals surface area (Å²) in [6.45, 7) is 0. The van der Waals surface area contributed by atoms with E-state index in [2.05, 4.69) is 25.3 Å². The summed E-state index contributed by atoms with van der Waals surface area (Å²) < 4.78 is 17.8. The van der Waals surface area contributed by atoms with Gasteiger partial charge in [-0.3, -0.25) is 4.79 Å². The maximum absolute atomic E-state index is 14.5. The number of hydrogen-bond donors (Lipinski definition) is 2. The normalized spacial score (nSPS) is 19.4. The molecule has 3 unspecified atom stereocenters. The largest absolute Gasteiger partial charge is 0.384 e. The van der Waals surface area contributed by atoms with Crippen molar-refractivity contribution in [1.82, 2.24) is 34.5 Å². The molecule has 0 saturated heterocycles. The first-order valence-corrected chi connectivity index (χ1v) is 12.7. The van der Waals surface area contributed by atoms with Crippen LogP contribution in [0.5, 0.6) is 0 Å². The molecule has 1 saturated carbocycles. The second kappa shape index (κ2) is 8.39. The van der Waals surface area contributed by atoms with Crippen LogP contribution >= 0.6 is 34.8 Å². The molecule has 1 aliphatic heterocycles. The van der Waals surface area contributed by atoms with Crippen molar-refractivity contribution in [2.75, 3.05) is 5.73 Å². The van der Waals surface area contributed by atoms with Gasteiger partial charge in [0.2, 0.25) is 5.95 Å². The number of aromatic nitrogens is 7. The summed E-state index contributed by atoms with van der Waals surface area (Å²) in [6.07, 6.45) is 2.47. The molecule has 5 aromatic rings. The molecule has 13 heteroatoms. The number of anilines is 1. The highest BCUT2D eigenvalue weighted by Crippen LogP contribution is 2.60. The number of imidazole rings is 1. The number of fused-ring (bicyclic) bond motifs is 3. The van der Waals surface area contributed by atoms with Crippen LogP contribution in [0.2, 0.25) is 15.3 Å². The number of aromatic amines is 1. The van der Waals surface area contributed by atoms with E-state index in [9.17, 15) is 9.18 Å². The molecule has 1 aliphatic carbocycles. The minimum absolute atomic E-state index is 0.0600. The Balaban J connectivity index is 1.32. The summed E-state index contributed by atoms with van der Waals surface area (Å²) in [7, 11) is 0. The number of pyridine rings is 2. The monoisotopic (exact) mass is 568 g/mol. The molecule has 1 fully saturated rings.